The topological polar surface area (TPSA) is 56.0 Å². The maximum Gasteiger partial charge on any atom is 0.284 e. The Hall–Kier alpha value is -1.97. The Labute approximate surface area is 99.7 Å². The van der Waals surface area contributed by atoms with Crippen LogP contribution in [0.15, 0.2) is 28.7 Å². The van der Waals surface area contributed by atoms with Crippen LogP contribution in [0.4, 0.5) is 0 Å². The number of benzene rings is 1. The van der Waals surface area contributed by atoms with E-state index in [1.807, 2.05) is 31.2 Å². The Kier molecular flexibility index (Phi) is 3.04. The summed E-state index contributed by atoms with van der Waals surface area (Å²) in [6, 6.07) is 7.71. The van der Waals surface area contributed by atoms with Crippen molar-refractivity contribution < 1.29 is 9.21 Å². The lowest BCUT2D eigenvalue weighted by atomic mass is 10.1. The molecule has 2 aromatic rings. The lowest BCUT2D eigenvalue weighted by Crippen LogP contribution is -2.07. The Balaban J connectivity index is 2.30. The van der Waals surface area contributed by atoms with E-state index in [1.54, 1.807) is 13.8 Å². The van der Waals surface area contributed by atoms with Crippen LogP contribution in [0, 0.1) is 12.8 Å². The molecule has 0 N–H and O–H groups in total. The van der Waals surface area contributed by atoms with E-state index < -0.39 is 0 Å². The van der Waals surface area contributed by atoms with Crippen LogP contribution >= 0.6 is 0 Å². The second-order valence-electron chi connectivity index (χ2n) is 4.30. The molecule has 0 aliphatic carbocycles. The maximum atomic E-state index is 11.6. The Bertz CT molecular complexity index is 527. The Morgan fingerprint density at radius 3 is 2.41 bits per heavy atom. The van der Waals surface area contributed by atoms with E-state index in [0.29, 0.717) is 5.89 Å². The molecule has 0 atom stereocenters. The van der Waals surface area contributed by atoms with E-state index in [0.717, 1.165) is 11.1 Å². The predicted molar refractivity (Wildman–Crippen MR) is 63.6 cm³/mol. The maximum absolute atomic E-state index is 11.6. The first-order valence-electron chi connectivity index (χ1n) is 5.52. The molecule has 0 radical (unpaired) electrons. The quantitative estimate of drug-likeness (QED) is 0.761. The number of aryl methyl sites for hydroxylation is 1. The predicted octanol–water partition coefficient (Wildman–Crippen LogP) is 2.88. The molecule has 4 nitrogen and oxygen atoms in total. The first kappa shape index (κ1) is 11.5. The summed E-state index contributed by atoms with van der Waals surface area (Å²) in [7, 11) is 0. The standard InChI is InChI=1S/C13H14N2O2/c1-8(2)11(16)13-15-14-12(17-13)10-6-4-9(3)5-7-10/h4-8H,1-3H3. The van der Waals surface area contributed by atoms with E-state index >= 15 is 0 Å². The van der Waals surface area contributed by atoms with Gasteiger partial charge in [0.25, 0.3) is 5.89 Å². The van der Waals surface area contributed by atoms with Crippen molar-refractivity contribution in [2.24, 2.45) is 5.92 Å². The third kappa shape index (κ3) is 2.41. The van der Waals surface area contributed by atoms with Gasteiger partial charge in [0.2, 0.25) is 11.7 Å². The molecule has 1 aromatic heterocycles. The van der Waals surface area contributed by atoms with Crippen LogP contribution in [0.2, 0.25) is 0 Å². The van der Waals surface area contributed by atoms with Crippen LogP contribution in [0.25, 0.3) is 11.5 Å². The molecule has 4 heteroatoms. The number of nitrogens with zero attached hydrogens (tertiary/aromatic N) is 2. The normalized spacial score (nSPS) is 10.8. The Morgan fingerprint density at radius 1 is 1.18 bits per heavy atom. The molecule has 0 unspecified atom stereocenters. The van der Waals surface area contributed by atoms with Crippen LogP contribution in [0.3, 0.4) is 0 Å². The molecule has 2 rings (SSSR count). The van der Waals surface area contributed by atoms with E-state index in [1.165, 1.54) is 0 Å². The van der Waals surface area contributed by atoms with E-state index in [4.69, 9.17) is 4.42 Å². The van der Waals surface area contributed by atoms with Gasteiger partial charge >= 0.3 is 0 Å². The summed E-state index contributed by atoms with van der Waals surface area (Å²) < 4.78 is 5.36. The van der Waals surface area contributed by atoms with E-state index in [2.05, 4.69) is 10.2 Å². The smallest absolute Gasteiger partial charge is 0.284 e. The first-order valence-corrected chi connectivity index (χ1v) is 5.52. The van der Waals surface area contributed by atoms with Crippen molar-refractivity contribution in [2.45, 2.75) is 20.8 Å². The van der Waals surface area contributed by atoms with Gasteiger partial charge in [-0.25, -0.2) is 0 Å². The lowest BCUT2D eigenvalue weighted by Gasteiger charge is -1.97. The van der Waals surface area contributed by atoms with Crippen LogP contribution in [0.1, 0.15) is 30.1 Å². The Morgan fingerprint density at radius 2 is 1.82 bits per heavy atom. The number of ketones is 1. The fraction of sp³-hybridized carbons (Fsp3) is 0.308. The summed E-state index contributed by atoms with van der Waals surface area (Å²) in [5.41, 5.74) is 1.98. The highest BCUT2D eigenvalue weighted by Crippen LogP contribution is 2.19. The minimum Gasteiger partial charge on any atom is -0.414 e. The van der Waals surface area contributed by atoms with Crippen molar-refractivity contribution in [2.75, 3.05) is 0 Å². The molecular weight excluding hydrogens is 216 g/mol. The molecule has 1 heterocycles. The average Bonchev–Trinajstić information content (AvgIpc) is 2.78. The molecular formula is C13H14N2O2. The van der Waals surface area contributed by atoms with Gasteiger partial charge in [0, 0.05) is 11.5 Å². The molecule has 1 aromatic carbocycles. The van der Waals surface area contributed by atoms with Gasteiger partial charge in [-0.3, -0.25) is 4.79 Å². The van der Waals surface area contributed by atoms with Gasteiger partial charge in [0.1, 0.15) is 0 Å². The van der Waals surface area contributed by atoms with Crippen LogP contribution in [0.5, 0.6) is 0 Å². The third-order valence-corrected chi connectivity index (χ3v) is 2.46. The molecule has 0 saturated heterocycles. The van der Waals surface area contributed by atoms with Gasteiger partial charge in [0.15, 0.2) is 0 Å². The minimum absolute atomic E-state index is 0.0792. The van der Waals surface area contributed by atoms with Crippen molar-refractivity contribution in [1.29, 1.82) is 0 Å². The van der Waals surface area contributed by atoms with Gasteiger partial charge in [-0.05, 0) is 19.1 Å². The molecule has 17 heavy (non-hydrogen) atoms. The summed E-state index contributed by atoms with van der Waals surface area (Å²) in [5.74, 6) is 0.196. The van der Waals surface area contributed by atoms with Gasteiger partial charge in [0.05, 0.1) is 0 Å². The minimum atomic E-state index is -0.138. The van der Waals surface area contributed by atoms with Crippen molar-refractivity contribution >= 4 is 5.78 Å². The van der Waals surface area contributed by atoms with Gasteiger partial charge in [-0.2, -0.15) is 0 Å². The fourth-order valence-electron chi connectivity index (χ4n) is 1.38. The van der Waals surface area contributed by atoms with Crippen LogP contribution < -0.4 is 0 Å². The SMILES string of the molecule is Cc1ccc(-c2nnc(C(=O)C(C)C)o2)cc1. The zero-order valence-electron chi connectivity index (χ0n) is 10.1. The molecule has 0 aliphatic heterocycles. The van der Waals surface area contributed by atoms with Crippen molar-refractivity contribution in [3.63, 3.8) is 0 Å². The highest BCUT2D eigenvalue weighted by Gasteiger charge is 2.18. The highest BCUT2D eigenvalue weighted by molar-refractivity contribution is 5.93. The fourth-order valence-corrected chi connectivity index (χ4v) is 1.38. The molecule has 0 fully saturated rings. The molecule has 0 amide bonds. The van der Waals surface area contributed by atoms with Gasteiger partial charge in [-0.15, -0.1) is 10.2 Å². The van der Waals surface area contributed by atoms with Gasteiger partial charge < -0.3 is 4.42 Å². The molecule has 0 saturated carbocycles. The lowest BCUT2D eigenvalue weighted by molar-refractivity contribution is 0.0905. The number of aromatic nitrogens is 2. The van der Waals surface area contributed by atoms with Crippen molar-refractivity contribution in [3.05, 3.63) is 35.7 Å². The first-order chi connectivity index (χ1) is 8.08. The second kappa shape index (κ2) is 4.49. The summed E-state index contributed by atoms with van der Waals surface area (Å²) in [4.78, 5) is 11.6. The average molecular weight is 230 g/mol. The number of Topliss-reactive ketones (excluding diaryl/α,β-unsaturated/α-hetero) is 1. The van der Waals surface area contributed by atoms with E-state index in [9.17, 15) is 4.79 Å². The zero-order valence-corrected chi connectivity index (χ0v) is 10.1. The molecule has 88 valence electrons. The summed E-state index contributed by atoms with van der Waals surface area (Å²) in [6.45, 7) is 5.61. The number of carbonyl (C=O) groups excluding carboxylic acids is 1. The molecule has 0 aliphatic rings. The third-order valence-electron chi connectivity index (χ3n) is 2.46. The van der Waals surface area contributed by atoms with Crippen LogP contribution in [-0.2, 0) is 0 Å². The number of rotatable bonds is 3. The van der Waals surface area contributed by atoms with Crippen LogP contribution in [-0.4, -0.2) is 16.0 Å². The van der Waals surface area contributed by atoms with Crippen molar-refractivity contribution in [1.82, 2.24) is 10.2 Å². The monoisotopic (exact) mass is 230 g/mol. The molecule has 0 spiro atoms. The number of hydrogen-bond donors (Lipinski definition) is 0. The number of hydrogen-bond acceptors (Lipinski definition) is 4. The summed E-state index contributed by atoms with van der Waals surface area (Å²) in [6.07, 6.45) is 0. The second-order valence-corrected chi connectivity index (χ2v) is 4.30. The zero-order chi connectivity index (χ0) is 12.4. The largest absolute Gasteiger partial charge is 0.414 e. The number of carbonyl (C=O) groups is 1. The van der Waals surface area contributed by atoms with Gasteiger partial charge in [-0.1, -0.05) is 31.5 Å². The molecule has 0 bridgehead atoms. The van der Waals surface area contributed by atoms with E-state index in [-0.39, 0.29) is 17.6 Å². The summed E-state index contributed by atoms with van der Waals surface area (Å²) in [5, 5.41) is 7.65. The van der Waals surface area contributed by atoms with Crippen molar-refractivity contribution in [3.8, 4) is 11.5 Å². The highest BCUT2D eigenvalue weighted by atomic mass is 16.4. The summed E-state index contributed by atoms with van der Waals surface area (Å²) >= 11 is 0.